The van der Waals surface area contributed by atoms with Crippen LogP contribution >= 0.6 is 0 Å². The summed E-state index contributed by atoms with van der Waals surface area (Å²) in [6.45, 7) is 0. The van der Waals surface area contributed by atoms with E-state index in [2.05, 4.69) is 10.1 Å². The first-order valence-electron chi connectivity index (χ1n) is 10.1. The molecule has 1 saturated carbocycles. The third kappa shape index (κ3) is 5.38. The molecule has 0 atom stereocenters. The van der Waals surface area contributed by atoms with E-state index in [9.17, 15) is 39.6 Å². The highest BCUT2D eigenvalue weighted by molar-refractivity contribution is 7.91. The highest BCUT2D eigenvalue weighted by atomic mass is 32.2. The summed E-state index contributed by atoms with van der Waals surface area (Å²) in [5.41, 5.74) is -5.24. The number of amides is 1. The lowest BCUT2D eigenvalue weighted by atomic mass is 9.91. The fourth-order valence-corrected chi connectivity index (χ4v) is 5.22. The summed E-state index contributed by atoms with van der Waals surface area (Å²) in [7, 11) is -3.08. The van der Waals surface area contributed by atoms with Crippen LogP contribution in [0.2, 0.25) is 0 Å². The number of alkyl halides is 6. The van der Waals surface area contributed by atoms with Crippen LogP contribution in [-0.2, 0) is 31.4 Å². The van der Waals surface area contributed by atoms with Gasteiger partial charge >= 0.3 is 12.4 Å². The highest BCUT2D eigenvalue weighted by Crippen LogP contribution is 2.52. The lowest BCUT2D eigenvalue weighted by Gasteiger charge is -2.36. The smallest absolute Gasteiger partial charge is 0.357 e. The van der Waals surface area contributed by atoms with Gasteiger partial charge in [-0.15, -0.1) is 0 Å². The van der Waals surface area contributed by atoms with E-state index in [4.69, 9.17) is 0 Å². The number of rotatable bonds is 8. The molecular weight excluding hydrogens is 488 g/mol. The van der Waals surface area contributed by atoms with Gasteiger partial charge in [0.05, 0.1) is 17.1 Å². The van der Waals surface area contributed by atoms with E-state index >= 15 is 0 Å². The van der Waals surface area contributed by atoms with Gasteiger partial charge in [-0.2, -0.15) is 26.3 Å². The Balaban J connectivity index is 1.69. The summed E-state index contributed by atoms with van der Waals surface area (Å²) in [6.07, 6.45) is -9.96. The fourth-order valence-electron chi connectivity index (χ4n) is 3.52. The Kier molecular flexibility index (Phi) is 7.05. The van der Waals surface area contributed by atoms with Crippen molar-refractivity contribution < 1.29 is 44.3 Å². The molecule has 34 heavy (non-hydrogen) atoms. The van der Waals surface area contributed by atoms with Gasteiger partial charge < -0.3 is 10.1 Å². The maximum Gasteiger partial charge on any atom is 0.430 e. The Labute approximate surface area is 192 Å². The standard InChI is InChI=1S/C22H21F6NO4S/c1-33-20(21(23,24)25,22(26,27)28)16-6-8-17(9-7-16)29-19(30)12-14-4-10-18(11-5-14)34(31,32)13-15-2-3-15/h4-11,15H,2-3,12-13H2,1H3,(H,29,30). The number of benzene rings is 2. The Bertz CT molecular complexity index is 1110. The highest BCUT2D eigenvalue weighted by Gasteiger charge is 2.72. The Morgan fingerprint density at radius 1 is 0.941 bits per heavy atom. The van der Waals surface area contributed by atoms with E-state index in [0.29, 0.717) is 24.8 Å². The van der Waals surface area contributed by atoms with Gasteiger partial charge in [0, 0.05) is 18.4 Å². The van der Waals surface area contributed by atoms with Crippen molar-refractivity contribution >= 4 is 21.4 Å². The molecule has 2 aromatic rings. The van der Waals surface area contributed by atoms with Gasteiger partial charge in [-0.3, -0.25) is 4.79 Å². The van der Waals surface area contributed by atoms with Crippen LogP contribution < -0.4 is 5.32 Å². The molecule has 1 N–H and O–H groups in total. The minimum Gasteiger partial charge on any atom is -0.357 e. The lowest BCUT2D eigenvalue weighted by Crippen LogP contribution is -2.55. The number of hydrogen-bond donors (Lipinski definition) is 1. The summed E-state index contributed by atoms with van der Waals surface area (Å²) >= 11 is 0. The molecule has 2 aromatic carbocycles. The second kappa shape index (κ2) is 9.21. The molecule has 12 heteroatoms. The minimum absolute atomic E-state index is 0.0215. The zero-order chi connectivity index (χ0) is 25.4. The van der Waals surface area contributed by atoms with E-state index < -0.39 is 39.3 Å². The number of carbonyl (C=O) groups is 1. The molecule has 5 nitrogen and oxygen atoms in total. The first-order chi connectivity index (χ1) is 15.7. The Hall–Kier alpha value is -2.60. The lowest BCUT2D eigenvalue weighted by molar-refractivity contribution is -0.383. The summed E-state index contributed by atoms with van der Waals surface area (Å²) in [6, 6.07) is 8.73. The number of hydrogen-bond acceptors (Lipinski definition) is 4. The van der Waals surface area contributed by atoms with Gasteiger partial charge in [0.2, 0.25) is 5.91 Å². The van der Waals surface area contributed by atoms with Crippen molar-refractivity contribution in [3.05, 3.63) is 59.7 Å². The second-order valence-corrected chi connectivity index (χ2v) is 10.1. The molecule has 0 aliphatic heterocycles. The number of nitrogens with one attached hydrogen (secondary N) is 1. The van der Waals surface area contributed by atoms with Crippen LogP contribution in [0.25, 0.3) is 0 Å². The van der Waals surface area contributed by atoms with Crippen LogP contribution in [0, 0.1) is 5.92 Å². The first-order valence-corrected chi connectivity index (χ1v) is 11.8. The summed E-state index contributed by atoms with van der Waals surface area (Å²) in [4.78, 5) is 12.4. The second-order valence-electron chi connectivity index (χ2n) is 8.05. The number of anilines is 1. The average Bonchev–Trinajstić information content (AvgIpc) is 3.51. The molecule has 1 aliphatic carbocycles. The van der Waals surface area contributed by atoms with Crippen molar-refractivity contribution in [2.24, 2.45) is 5.92 Å². The van der Waals surface area contributed by atoms with Gasteiger partial charge in [0.15, 0.2) is 9.84 Å². The molecule has 0 saturated heterocycles. The van der Waals surface area contributed by atoms with Gasteiger partial charge in [0.1, 0.15) is 0 Å². The van der Waals surface area contributed by atoms with Crippen molar-refractivity contribution in [3.63, 3.8) is 0 Å². The van der Waals surface area contributed by atoms with Crippen molar-refractivity contribution in [2.45, 2.75) is 42.1 Å². The van der Waals surface area contributed by atoms with Crippen molar-refractivity contribution in [2.75, 3.05) is 18.2 Å². The number of halogens is 6. The maximum absolute atomic E-state index is 13.3. The fraction of sp³-hybridized carbons (Fsp3) is 0.409. The molecular formula is C22H21F6NO4S. The Morgan fingerprint density at radius 3 is 1.91 bits per heavy atom. The molecule has 1 fully saturated rings. The normalized spacial score (nSPS) is 15.3. The van der Waals surface area contributed by atoms with Gasteiger partial charge in [-0.25, -0.2) is 8.42 Å². The van der Waals surface area contributed by atoms with Crippen LogP contribution in [-0.4, -0.2) is 39.5 Å². The summed E-state index contributed by atoms with van der Waals surface area (Å²) in [5.74, 6) is -0.329. The predicted octanol–water partition coefficient (Wildman–Crippen LogP) is 5.02. The van der Waals surface area contributed by atoms with E-state index in [1.54, 1.807) is 0 Å². The number of sulfone groups is 1. The van der Waals surface area contributed by atoms with Gasteiger partial charge in [0.25, 0.3) is 5.60 Å². The minimum atomic E-state index is -5.77. The predicted molar refractivity (Wildman–Crippen MR) is 111 cm³/mol. The number of ether oxygens (including phenoxy) is 1. The Morgan fingerprint density at radius 2 is 1.47 bits per heavy atom. The van der Waals surface area contributed by atoms with Crippen LogP contribution in [0.15, 0.2) is 53.4 Å². The average molecular weight is 509 g/mol. The molecule has 0 radical (unpaired) electrons. The number of methoxy groups -OCH3 is 1. The third-order valence-electron chi connectivity index (χ3n) is 5.48. The largest absolute Gasteiger partial charge is 0.430 e. The monoisotopic (exact) mass is 509 g/mol. The SMILES string of the molecule is COC(c1ccc(NC(=O)Cc2ccc(S(=O)(=O)CC3CC3)cc2)cc1)(C(F)(F)F)C(F)(F)F. The van der Waals surface area contributed by atoms with Crippen LogP contribution in [0.1, 0.15) is 24.0 Å². The van der Waals surface area contributed by atoms with Crippen molar-refractivity contribution in [1.29, 1.82) is 0 Å². The van der Waals surface area contributed by atoms with Crippen LogP contribution in [0.5, 0.6) is 0 Å². The van der Waals surface area contributed by atoms with Gasteiger partial charge in [-0.05, 0) is 48.6 Å². The van der Waals surface area contributed by atoms with E-state index in [1.807, 2.05) is 0 Å². The van der Waals surface area contributed by atoms with Crippen LogP contribution in [0.4, 0.5) is 32.0 Å². The molecule has 186 valence electrons. The van der Waals surface area contributed by atoms with Crippen molar-refractivity contribution in [1.82, 2.24) is 0 Å². The summed E-state index contributed by atoms with van der Waals surface area (Å²) in [5, 5.41) is 2.38. The molecule has 1 amide bonds. The third-order valence-corrected chi connectivity index (χ3v) is 7.38. The first kappa shape index (κ1) is 26.0. The number of carbonyl (C=O) groups excluding carboxylic acids is 1. The molecule has 1 aliphatic rings. The van der Waals surface area contributed by atoms with Crippen molar-refractivity contribution in [3.8, 4) is 0 Å². The molecule has 0 spiro atoms. The van der Waals surface area contributed by atoms with E-state index in [-0.39, 0.29) is 28.7 Å². The zero-order valence-corrected chi connectivity index (χ0v) is 18.7. The molecule has 0 bridgehead atoms. The van der Waals surface area contributed by atoms with Gasteiger partial charge in [-0.1, -0.05) is 24.3 Å². The molecule has 3 rings (SSSR count). The molecule has 0 heterocycles. The molecule has 0 unspecified atom stereocenters. The quantitative estimate of drug-likeness (QED) is 0.508. The van der Waals surface area contributed by atoms with E-state index in [1.165, 1.54) is 24.3 Å². The zero-order valence-electron chi connectivity index (χ0n) is 17.8. The molecule has 0 aromatic heterocycles. The summed E-state index contributed by atoms with van der Waals surface area (Å²) < 4.78 is 108. The maximum atomic E-state index is 13.3. The van der Waals surface area contributed by atoms with E-state index in [0.717, 1.165) is 25.0 Å². The van der Waals surface area contributed by atoms with Crippen LogP contribution in [0.3, 0.4) is 0 Å². The topological polar surface area (TPSA) is 72.5 Å².